The molecule has 208 valence electrons. The highest BCUT2D eigenvalue weighted by molar-refractivity contribution is 7.86. The van der Waals surface area contributed by atoms with Crippen molar-refractivity contribution in [2.24, 2.45) is 0 Å². The third kappa shape index (κ3) is 3.87. The van der Waals surface area contributed by atoms with Gasteiger partial charge >= 0.3 is 17.8 Å². The Labute approximate surface area is 224 Å². The molecular weight excluding hydrogens is 615 g/mol. The van der Waals surface area contributed by atoms with Gasteiger partial charge < -0.3 is 9.11 Å². The van der Waals surface area contributed by atoms with Crippen LogP contribution in [-0.2, 0) is 20.2 Å². The van der Waals surface area contributed by atoms with Crippen LogP contribution >= 0.6 is 22.7 Å². The van der Waals surface area contributed by atoms with E-state index in [9.17, 15) is 34.7 Å². The van der Waals surface area contributed by atoms with Crippen molar-refractivity contribution in [2.45, 2.75) is 41.4 Å². The fourth-order valence-corrected chi connectivity index (χ4v) is 8.08. The zero-order chi connectivity index (χ0) is 29.1. The van der Waals surface area contributed by atoms with Crippen LogP contribution in [0.15, 0.2) is 46.2 Å². The summed E-state index contributed by atoms with van der Waals surface area (Å²) in [6, 6.07) is 5.05. The monoisotopic (exact) mass is 626 g/mol. The van der Waals surface area contributed by atoms with Crippen molar-refractivity contribution >= 4 is 74.2 Å². The minimum Gasteiger partial charge on any atom is -0.744 e. The summed E-state index contributed by atoms with van der Waals surface area (Å²) in [5.41, 5.74) is -4.69. The highest BCUT2D eigenvalue weighted by atomic mass is 32.2. The highest BCUT2D eigenvalue weighted by Crippen LogP contribution is 2.67. The Bertz CT molecular complexity index is 1830. The second-order valence-electron chi connectivity index (χ2n) is 8.76. The van der Waals surface area contributed by atoms with Gasteiger partial charge in [-0.05, 0) is 38.1 Å². The first kappa shape index (κ1) is 28.0. The van der Waals surface area contributed by atoms with Crippen LogP contribution in [0, 0.1) is 13.8 Å². The van der Waals surface area contributed by atoms with E-state index in [0.717, 1.165) is 36.4 Å². The van der Waals surface area contributed by atoms with Crippen molar-refractivity contribution in [3.8, 4) is 0 Å². The van der Waals surface area contributed by atoms with E-state index >= 15 is 17.6 Å². The molecule has 0 unspecified atom stereocenters. The van der Waals surface area contributed by atoms with Gasteiger partial charge in [-0.15, -0.1) is 22.7 Å². The Morgan fingerprint density at radius 1 is 0.641 bits per heavy atom. The Morgan fingerprint density at radius 3 is 1.28 bits per heavy atom. The third-order valence-corrected chi connectivity index (χ3v) is 10.2. The molecule has 0 radical (unpaired) electrons. The van der Waals surface area contributed by atoms with Crippen molar-refractivity contribution in [1.29, 1.82) is 0 Å². The average Bonchev–Trinajstić information content (AvgIpc) is 3.32. The lowest BCUT2D eigenvalue weighted by atomic mass is 9.91. The lowest BCUT2D eigenvalue weighted by molar-refractivity contribution is -0.254. The first-order valence-corrected chi connectivity index (χ1v) is 15.0. The van der Waals surface area contributed by atoms with Crippen molar-refractivity contribution in [2.75, 3.05) is 0 Å². The SMILES string of the molecule is Cc1sc2cc(S(=O)(=O)[O-])ccc2c1C1=C(c2c(C)sc3cc(S(=O)(=O)[O-])ccc23)C(F)(F)C(F)(F)C1(F)F. The fraction of sp³-hybridized carbons (Fsp3) is 0.217. The van der Waals surface area contributed by atoms with Crippen molar-refractivity contribution in [1.82, 2.24) is 0 Å². The number of allylic oxidation sites excluding steroid dienone is 2. The predicted molar refractivity (Wildman–Crippen MR) is 131 cm³/mol. The molecule has 4 aromatic rings. The number of alkyl halides is 6. The number of rotatable bonds is 4. The molecule has 0 saturated heterocycles. The number of benzene rings is 2. The van der Waals surface area contributed by atoms with Crippen LogP contribution in [0.5, 0.6) is 0 Å². The van der Waals surface area contributed by atoms with Crippen molar-refractivity contribution in [3.63, 3.8) is 0 Å². The molecule has 39 heavy (non-hydrogen) atoms. The van der Waals surface area contributed by atoms with E-state index < -0.39 is 70.1 Å². The molecule has 0 fully saturated rings. The van der Waals surface area contributed by atoms with Gasteiger partial charge in [0.05, 0.1) is 9.79 Å². The minimum absolute atomic E-state index is 0.0854. The summed E-state index contributed by atoms with van der Waals surface area (Å²) in [7, 11) is -9.95. The van der Waals surface area contributed by atoms with E-state index in [2.05, 4.69) is 0 Å². The van der Waals surface area contributed by atoms with Crippen LogP contribution < -0.4 is 0 Å². The molecule has 0 bridgehead atoms. The van der Waals surface area contributed by atoms with Crippen LogP contribution in [0.1, 0.15) is 20.9 Å². The van der Waals surface area contributed by atoms with Gasteiger partial charge in [0.2, 0.25) is 0 Å². The molecule has 2 heterocycles. The van der Waals surface area contributed by atoms with Gasteiger partial charge in [-0.25, -0.2) is 16.8 Å². The molecule has 0 atom stereocenters. The molecule has 0 N–H and O–H groups in total. The molecule has 1 aliphatic rings. The lowest BCUT2D eigenvalue weighted by Crippen LogP contribution is -2.48. The van der Waals surface area contributed by atoms with E-state index in [0.29, 0.717) is 22.7 Å². The van der Waals surface area contributed by atoms with Gasteiger partial charge in [0.25, 0.3) is 0 Å². The number of thiophene rings is 2. The van der Waals surface area contributed by atoms with Crippen LogP contribution in [0.25, 0.3) is 31.3 Å². The van der Waals surface area contributed by atoms with Gasteiger partial charge in [-0.2, -0.15) is 26.3 Å². The molecule has 0 saturated carbocycles. The Balaban J connectivity index is 1.93. The largest absolute Gasteiger partial charge is 0.744 e. The predicted octanol–water partition coefficient (Wildman–Crippen LogP) is 6.37. The summed E-state index contributed by atoms with van der Waals surface area (Å²) < 4.78 is 160. The summed E-state index contributed by atoms with van der Waals surface area (Å²) >= 11 is 1.30. The van der Waals surface area contributed by atoms with Gasteiger partial charge in [0.1, 0.15) is 20.2 Å². The summed E-state index contributed by atoms with van der Waals surface area (Å²) in [4.78, 5) is -1.70. The molecule has 1 aliphatic carbocycles. The quantitative estimate of drug-likeness (QED) is 0.192. The van der Waals surface area contributed by atoms with Crippen LogP contribution in [0.4, 0.5) is 26.3 Å². The molecule has 2 aromatic heterocycles. The molecule has 0 spiro atoms. The number of halogens is 6. The van der Waals surface area contributed by atoms with Crippen molar-refractivity contribution in [3.05, 3.63) is 57.3 Å². The zero-order valence-corrected chi connectivity index (χ0v) is 22.6. The van der Waals surface area contributed by atoms with Gasteiger partial charge in [-0.3, -0.25) is 0 Å². The summed E-state index contributed by atoms with van der Waals surface area (Å²) in [5, 5.41) is -0.495. The Morgan fingerprint density at radius 2 is 0.974 bits per heavy atom. The molecule has 5 rings (SSSR count). The average molecular weight is 627 g/mol. The van der Waals surface area contributed by atoms with Crippen LogP contribution in [0.2, 0.25) is 0 Å². The van der Waals surface area contributed by atoms with Gasteiger partial charge in [0.15, 0.2) is 0 Å². The number of aryl methyl sites for hydroxylation is 2. The molecule has 16 heteroatoms. The second kappa shape index (κ2) is 8.27. The lowest BCUT2D eigenvalue weighted by Gasteiger charge is -2.26. The van der Waals surface area contributed by atoms with E-state index in [1.165, 1.54) is 13.8 Å². The molecular formula is C23H12F6O6S4-2. The van der Waals surface area contributed by atoms with Crippen LogP contribution in [-0.4, -0.2) is 43.7 Å². The zero-order valence-electron chi connectivity index (χ0n) is 19.3. The highest BCUT2D eigenvalue weighted by Gasteiger charge is 2.80. The Kier molecular flexibility index (Phi) is 5.94. The van der Waals surface area contributed by atoms with Crippen molar-refractivity contribution < 1.29 is 52.3 Å². The maximum atomic E-state index is 15.5. The van der Waals surface area contributed by atoms with Gasteiger partial charge in [-0.1, -0.05) is 12.1 Å². The topological polar surface area (TPSA) is 114 Å². The Hall–Kier alpha value is -2.50. The number of hydrogen-bond acceptors (Lipinski definition) is 8. The summed E-state index contributed by atoms with van der Waals surface area (Å²) in [6.07, 6.45) is 0. The summed E-state index contributed by atoms with van der Waals surface area (Å²) in [5.74, 6) is -16.7. The maximum Gasteiger partial charge on any atom is 0.380 e. The molecule has 6 nitrogen and oxygen atoms in total. The molecule has 2 aromatic carbocycles. The standard InChI is InChI=1S/C23H14F6O6S4/c1-9-17(13-5-3-11(38(30,31)32)7-15(13)36-9)19-20(22(26,27)23(28,29)21(19,24)25)18-10(2)37-16-8-12(39(33,34)35)4-6-14(16)18/h3-8H,1-2H3,(H,30,31,32)(H,33,34,35)/p-2. The smallest absolute Gasteiger partial charge is 0.380 e. The molecule has 0 aliphatic heterocycles. The van der Waals surface area contributed by atoms with Crippen LogP contribution in [0.3, 0.4) is 0 Å². The molecule has 0 amide bonds. The first-order valence-electron chi connectivity index (χ1n) is 10.6. The van der Waals surface area contributed by atoms with E-state index in [-0.39, 0.29) is 29.9 Å². The maximum absolute atomic E-state index is 15.5. The number of fused-ring (bicyclic) bond motifs is 2. The first-order chi connectivity index (χ1) is 17.7. The fourth-order valence-electron chi connectivity index (χ4n) is 4.72. The van der Waals surface area contributed by atoms with E-state index in [1.54, 1.807) is 0 Å². The third-order valence-electron chi connectivity index (χ3n) is 6.42. The second-order valence-corrected chi connectivity index (χ2v) is 14.0. The van der Waals surface area contributed by atoms with E-state index in [4.69, 9.17) is 0 Å². The summed E-state index contributed by atoms with van der Waals surface area (Å²) in [6.45, 7) is 2.40. The van der Waals surface area contributed by atoms with Gasteiger partial charge in [0, 0.05) is 52.2 Å². The minimum atomic E-state index is -5.89. The normalized spacial score (nSPS) is 18.9. The number of hydrogen-bond donors (Lipinski definition) is 0. The van der Waals surface area contributed by atoms with E-state index in [1.807, 2.05) is 0 Å².